The third kappa shape index (κ3) is 66.9. The highest BCUT2D eigenvalue weighted by Gasteiger charge is 2.20. The number of hydrogen-bond donors (Lipinski definition) is 0. The number of unbranched alkanes of at least 4 members (excludes halogenated alkanes) is 56. The average molecular weight is 1130 g/mol. The van der Waals surface area contributed by atoms with Gasteiger partial charge in [0.2, 0.25) is 0 Å². The van der Waals surface area contributed by atoms with Crippen LogP contribution in [0.15, 0.2) is 12.2 Å². The van der Waals surface area contributed by atoms with Gasteiger partial charge in [-0.15, -0.1) is 0 Å². The minimum atomic E-state index is -0.763. The van der Waals surface area contributed by atoms with Crippen LogP contribution in [0.1, 0.15) is 425 Å². The van der Waals surface area contributed by atoms with E-state index in [0.717, 1.165) is 57.8 Å². The third-order valence-corrected chi connectivity index (χ3v) is 17.0. The Balaban J connectivity index is 3.90. The molecular formula is C74H142O6. The van der Waals surface area contributed by atoms with Crippen LogP contribution in [-0.2, 0) is 28.6 Å². The predicted molar refractivity (Wildman–Crippen MR) is 349 cm³/mol. The number of esters is 3. The largest absolute Gasteiger partial charge is 0.462 e. The van der Waals surface area contributed by atoms with Crippen LogP contribution < -0.4 is 0 Å². The molecule has 0 rings (SSSR count). The molecule has 0 bridgehead atoms. The number of hydrogen-bond acceptors (Lipinski definition) is 6. The zero-order valence-electron chi connectivity index (χ0n) is 54.6. The van der Waals surface area contributed by atoms with E-state index >= 15 is 0 Å². The topological polar surface area (TPSA) is 78.9 Å². The number of carbonyl (C=O) groups is 3. The molecule has 6 heteroatoms. The SMILES string of the molecule is CCCCCCCCCC/C=C\CCCCCCCCCCCCCCCCCCCCCCCC(=O)OCC(COC(=O)CCCCCCCC)OC(=O)CCCCCCCCCCCCCCCCCCCCCCCCC. The Bertz CT molecular complexity index is 1250. The molecule has 474 valence electrons. The van der Waals surface area contributed by atoms with Crippen molar-refractivity contribution in [3.05, 3.63) is 12.2 Å². The monoisotopic (exact) mass is 1130 g/mol. The summed E-state index contributed by atoms with van der Waals surface area (Å²) < 4.78 is 16.9. The molecule has 0 amide bonds. The van der Waals surface area contributed by atoms with Gasteiger partial charge < -0.3 is 14.2 Å². The lowest BCUT2D eigenvalue weighted by molar-refractivity contribution is -0.167. The Morgan fingerprint density at radius 2 is 0.412 bits per heavy atom. The van der Waals surface area contributed by atoms with Crippen LogP contribution in [0.5, 0.6) is 0 Å². The van der Waals surface area contributed by atoms with Gasteiger partial charge in [-0.25, -0.2) is 0 Å². The molecule has 0 saturated heterocycles. The molecule has 80 heavy (non-hydrogen) atoms. The molecule has 0 fully saturated rings. The van der Waals surface area contributed by atoms with Crippen LogP contribution in [0.4, 0.5) is 0 Å². The molecule has 0 aliphatic heterocycles. The van der Waals surface area contributed by atoms with Gasteiger partial charge in [-0.05, 0) is 44.9 Å². The van der Waals surface area contributed by atoms with Gasteiger partial charge >= 0.3 is 17.9 Å². The quantitative estimate of drug-likeness (QED) is 0.0261. The van der Waals surface area contributed by atoms with E-state index in [2.05, 4.69) is 32.9 Å². The molecule has 0 radical (unpaired) electrons. The molecule has 0 aromatic carbocycles. The van der Waals surface area contributed by atoms with E-state index in [9.17, 15) is 14.4 Å². The van der Waals surface area contributed by atoms with Gasteiger partial charge in [0.25, 0.3) is 0 Å². The fraction of sp³-hybridized carbons (Fsp3) is 0.932. The molecule has 6 nitrogen and oxygen atoms in total. The van der Waals surface area contributed by atoms with Crippen molar-refractivity contribution in [2.24, 2.45) is 0 Å². The van der Waals surface area contributed by atoms with Crippen molar-refractivity contribution < 1.29 is 28.6 Å². The maximum absolute atomic E-state index is 12.9. The number of carbonyl (C=O) groups excluding carboxylic acids is 3. The summed E-state index contributed by atoms with van der Waals surface area (Å²) in [5.41, 5.74) is 0. The van der Waals surface area contributed by atoms with Crippen molar-refractivity contribution >= 4 is 17.9 Å². The summed E-state index contributed by atoms with van der Waals surface area (Å²) >= 11 is 0. The molecule has 1 atom stereocenters. The summed E-state index contributed by atoms with van der Waals surface area (Å²) in [4.78, 5) is 38.1. The van der Waals surface area contributed by atoms with Crippen LogP contribution in [0, 0.1) is 0 Å². The van der Waals surface area contributed by atoms with Crippen molar-refractivity contribution in [3.8, 4) is 0 Å². The molecule has 0 heterocycles. The van der Waals surface area contributed by atoms with E-state index in [1.807, 2.05) is 0 Å². The average Bonchev–Trinajstić information content (AvgIpc) is 3.46. The van der Waals surface area contributed by atoms with Crippen molar-refractivity contribution in [2.75, 3.05) is 13.2 Å². The number of rotatable bonds is 69. The lowest BCUT2D eigenvalue weighted by Gasteiger charge is -2.18. The van der Waals surface area contributed by atoms with Crippen molar-refractivity contribution in [1.29, 1.82) is 0 Å². The molecule has 0 aromatic rings. The Hall–Kier alpha value is -1.85. The number of allylic oxidation sites excluding steroid dienone is 2. The minimum absolute atomic E-state index is 0.0629. The fourth-order valence-corrected chi connectivity index (χ4v) is 11.5. The minimum Gasteiger partial charge on any atom is -0.462 e. The fourth-order valence-electron chi connectivity index (χ4n) is 11.5. The first-order valence-electron chi connectivity index (χ1n) is 36.7. The Morgan fingerprint density at radius 1 is 0.237 bits per heavy atom. The van der Waals surface area contributed by atoms with Gasteiger partial charge in [-0.1, -0.05) is 373 Å². The van der Waals surface area contributed by atoms with Gasteiger partial charge in [0.15, 0.2) is 6.10 Å². The second-order valence-corrected chi connectivity index (χ2v) is 25.2. The lowest BCUT2D eigenvalue weighted by atomic mass is 10.0. The van der Waals surface area contributed by atoms with E-state index < -0.39 is 6.10 Å². The molecular weight excluding hydrogens is 985 g/mol. The van der Waals surface area contributed by atoms with Crippen molar-refractivity contribution in [1.82, 2.24) is 0 Å². The van der Waals surface area contributed by atoms with Crippen LogP contribution in [0.3, 0.4) is 0 Å². The maximum Gasteiger partial charge on any atom is 0.306 e. The van der Waals surface area contributed by atoms with Crippen LogP contribution in [-0.4, -0.2) is 37.2 Å². The molecule has 0 aromatic heterocycles. The van der Waals surface area contributed by atoms with E-state index in [1.54, 1.807) is 0 Å². The molecule has 0 aliphatic rings. The van der Waals surface area contributed by atoms with E-state index in [-0.39, 0.29) is 31.1 Å². The molecule has 1 unspecified atom stereocenters. The van der Waals surface area contributed by atoms with Gasteiger partial charge in [0.05, 0.1) is 0 Å². The summed E-state index contributed by atoms with van der Waals surface area (Å²) in [5, 5.41) is 0. The van der Waals surface area contributed by atoms with E-state index in [1.165, 1.54) is 327 Å². The van der Waals surface area contributed by atoms with E-state index in [0.29, 0.717) is 19.3 Å². The Morgan fingerprint density at radius 3 is 0.625 bits per heavy atom. The van der Waals surface area contributed by atoms with Gasteiger partial charge in [-0.3, -0.25) is 14.4 Å². The van der Waals surface area contributed by atoms with Crippen LogP contribution >= 0.6 is 0 Å². The predicted octanol–water partition coefficient (Wildman–Crippen LogP) is 25.2. The highest BCUT2D eigenvalue weighted by molar-refractivity contribution is 5.71. The van der Waals surface area contributed by atoms with Crippen molar-refractivity contribution in [3.63, 3.8) is 0 Å². The highest BCUT2D eigenvalue weighted by Crippen LogP contribution is 2.19. The Labute approximate surface area is 501 Å². The second kappa shape index (κ2) is 69.6. The zero-order valence-corrected chi connectivity index (χ0v) is 54.6. The van der Waals surface area contributed by atoms with Crippen LogP contribution in [0.2, 0.25) is 0 Å². The van der Waals surface area contributed by atoms with Crippen LogP contribution in [0.25, 0.3) is 0 Å². The molecule has 0 spiro atoms. The molecule has 0 aliphatic carbocycles. The normalized spacial score (nSPS) is 12.0. The van der Waals surface area contributed by atoms with Gasteiger partial charge in [0.1, 0.15) is 13.2 Å². The van der Waals surface area contributed by atoms with Gasteiger partial charge in [0, 0.05) is 19.3 Å². The van der Waals surface area contributed by atoms with Gasteiger partial charge in [-0.2, -0.15) is 0 Å². The summed E-state index contributed by atoms with van der Waals surface area (Å²) in [6.07, 6.45) is 84.5. The number of ether oxygens (including phenoxy) is 3. The zero-order chi connectivity index (χ0) is 57.8. The second-order valence-electron chi connectivity index (χ2n) is 25.2. The van der Waals surface area contributed by atoms with Crippen molar-refractivity contribution in [2.45, 2.75) is 431 Å². The molecule has 0 saturated carbocycles. The lowest BCUT2D eigenvalue weighted by Crippen LogP contribution is -2.30. The summed E-state index contributed by atoms with van der Waals surface area (Å²) in [5.74, 6) is -0.840. The third-order valence-electron chi connectivity index (χ3n) is 17.0. The summed E-state index contributed by atoms with van der Waals surface area (Å²) in [6, 6.07) is 0. The summed E-state index contributed by atoms with van der Waals surface area (Å²) in [7, 11) is 0. The first-order valence-corrected chi connectivity index (χ1v) is 36.7. The molecule has 0 N–H and O–H groups in total. The highest BCUT2D eigenvalue weighted by atomic mass is 16.6. The first-order chi connectivity index (χ1) is 39.5. The first kappa shape index (κ1) is 78.1. The smallest absolute Gasteiger partial charge is 0.306 e. The Kier molecular flexibility index (Phi) is 68.0. The van der Waals surface area contributed by atoms with E-state index in [4.69, 9.17) is 14.2 Å². The summed E-state index contributed by atoms with van der Waals surface area (Å²) in [6.45, 7) is 6.67. The standard InChI is InChI=1S/C74H142O6/c1-4-7-10-13-16-18-20-22-24-26-28-30-32-33-34-35-36-37-38-39-40-41-43-44-46-48-50-52-54-56-58-61-64-67-73(76)79-70-71(69-78-72(75)66-63-60-15-12-9-6-3)80-74(77)68-65-62-59-57-55-53-51-49-47-45-42-31-29-27-25-23-21-19-17-14-11-8-5-2/h26,28,71H,4-25,27,29-70H2,1-3H3/b28-26-. The maximum atomic E-state index is 12.9.